The van der Waals surface area contributed by atoms with Crippen LogP contribution < -0.4 is 4.72 Å². The third kappa shape index (κ3) is 5.01. The van der Waals surface area contributed by atoms with Crippen molar-refractivity contribution in [1.82, 2.24) is 4.72 Å². The summed E-state index contributed by atoms with van der Waals surface area (Å²) >= 11 is 5.59. The van der Waals surface area contributed by atoms with Gasteiger partial charge in [0.2, 0.25) is 10.0 Å². The van der Waals surface area contributed by atoms with E-state index in [1.54, 1.807) is 0 Å². The molecular weight excluding hydrogens is 305 g/mol. The first kappa shape index (κ1) is 17.4. The highest BCUT2D eigenvalue weighted by molar-refractivity contribution is 7.89. The van der Waals surface area contributed by atoms with E-state index in [0.29, 0.717) is 6.42 Å². The molecule has 0 aliphatic carbocycles. The van der Waals surface area contributed by atoms with E-state index in [1.807, 2.05) is 6.92 Å². The fraction of sp³-hybridized carbons (Fsp3) is 0.538. The van der Waals surface area contributed by atoms with Gasteiger partial charge >= 0.3 is 0 Å². The van der Waals surface area contributed by atoms with Gasteiger partial charge in [0.05, 0.1) is 0 Å². The molecule has 0 aliphatic heterocycles. The van der Waals surface area contributed by atoms with Crippen molar-refractivity contribution in [2.24, 2.45) is 5.92 Å². The average molecular weight is 324 g/mol. The second kappa shape index (κ2) is 7.93. The molecule has 20 heavy (non-hydrogen) atoms. The molecule has 1 unspecified atom stereocenters. The van der Waals surface area contributed by atoms with Gasteiger partial charge in [-0.15, -0.1) is 0 Å². The Balaban J connectivity index is 2.78. The molecule has 0 amide bonds. The number of nitrogens with one attached hydrogen (secondary N) is 1. The molecule has 1 aromatic carbocycles. The van der Waals surface area contributed by atoms with Gasteiger partial charge in [-0.2, -0.15) is 0 Å². The number of rotatable bonds is 8. The number of hydrogen-bond donors (Lipinski definition) is 2. The number of benzene rings is 1. The number of sulfonamides is 1. The summed E-state index contributed by atoms with van der Waals surface area (Å²) in [5.74, 6) is -0.839. The summed E-state index contributed by atoms with van der Waals surface area (Å²) in [7, 11) is -3.90. The lowest BCUT2D eigenvalue weighted by Gasteiger charge is -2.16. The minimum atomic E-state index is -3.90. The van der Waals surface area contributed by atoms with Crippen LogP contribution in [0.4, 0.5) is 4.39 Å². The Bertz CT molecular complexity index is 530. The van der Waals surface area contributed by atoms with Crippen LogP contribution in [0.2, 0.25) is 5.02 Å². The van der Waals surface area contributed by atoms with Crippen molar-refractivity contribution in [3.63, 3.8) is 0 Å². The van der Waals surface area contributed by atoms with Crippen molar-refractivity contribution in [2.75, 3.05) is 13.2 Å². The molecule has 0 saturated heterocycles. The van der Waals surface area contributed by atoms with Gasteiger partial charge in [0.15, 0.2) is 0 Å². The zero-order chi connectivity index (χ0) is 15.2. The Labute approximate surface area is 124 Å². The Morgan fingerprint density at radius 2 is 2.10 bits per heavy atom. The SMILES string of the molecule is CCCC(CCO)CNS(=O)(=O)c1ccc(Cl)cc1F. The van der Waals surface area contributed by atoms with Gasteiger partial charge < -0.3 is 5.11 Å². The number of hydrogen-bond acceptors (Lipinski definition) is 3. The third-order valence-electron chi connectivity index (χ3n) is 2.98. The van der Waals surface area contributed by atoms with Gasteiger partial charge in [0.25, 0.3) is 0 Å². The lowest BCUT2D eigenvalue weighted by Crippen LogP contribution is -2.30. The predicted molar refractivity (Wildman–Crippen MR) is 76.7 cm³/mol. The molecule has 4 nitrogen and oxygen atoms in total. The van der Waals surface area contributed by atoms with Crippen LogP contribution in [-0.2, 0) is 10.0 Å². The van der Waals surface area contributed by atoms with Gasteiger partial charge in [-0.25, -0.2) is 17.5 Å². The molecule has 1 aromatic rings. The molecule has 2 N–H and O–H groups in total. The monoisotopic (exact) mass is 323 g/mol. The molecule has 0 fully saturated rings. The zero-order valence-electron chi connectivity index (χ0n) is 11.3. The highest BCUT2D eigenvalue weighted by Gasteiger charge is 2.20. The molecule has 0 saturated carbocycles. The fourth-order valence-electron chi connectivity index (χ4n) is 1.94. The van der Waals surface area contributed by atoms with E-state index in [-0.39, 0.29) is 24.1 Å². The largest absolute Gasteiger partial charge is 0.396 e. The maximum absolute atomic E-state index is 13.6. The quantitative estimate of drug-likeness (QED) is 0.772. The Morgan fingerprint density at radius 1 is 1.40 bits per heavy atom. The van der Waals surface area contributed by atoms with E-state index in [0.717, 1.165) is 25.0 Å². The molecular formula is C13H19ClFNO3S. The van der Waals surface area contributed by atoms with Crippen LogP contribution in [0.15, 0.2) is 23.1 Å². The van der Waals surface area contributed by atoms with E-state index < -0.39 is 20.7 Å². The Hall–Kier alpha value is -0.690. The molecule has 0 aromatic heterocycles. The highest BCUT2D eigenvalue weighted by Crippen LogP contribution is 2.19. The Morgan fingerprint density at radius 3 is 2.65 bits per heavy atom. The lowest BCUT2D eigenvalue weighted by atomic mass is 10.0. The lowest BCUT2D eigenvalue weighted by molar-refractivity contribution is 0.251. The summed E-state index contributed by atoms with van der Waals surface area (Å²) in [5.41, 5.74) is 0. The van der Waals surface area contributed by atoms with Crippen LogP contribution in [0.5, 0.6) is 0 Å². The van der Waals surface area contributed by atoms with Crippen molar-refractivity contribution >= 4 is 21.6 Å². The van der Waals surface area contributed by atoms with Gasteiger partial charge in [0, 0.05) is 18.2 Å². The Kier molecular flexibility index (Phi) is 6.88. The zero-order valence-corrected chi connectivity index (χ0v) is 12.8. The summed E-state index contributed by atoms with van der Waals surface area (Å²) < 4.78 is 40.0. The first-order valence-electron chi connectivity index (χ1n) is 6.46. The predicted octanol–water partition coefficient (Wildman–Crippen LogP) is 2.56. The molecule has 0 heterocycles. The topological polar surface area (TPSA) is 66.4 Å². The van der Waals surface area contributed by atoms with Crippen molar-refractivity contribution in [3.8, 4) is 0 Å². The maximum atomic E-state index is 13.6. The molecule has 0 radical (unpaired) electrons. The molecule has 0 spiro atoms. The first-order chi connectivity index (χ1) is 9.40. The minimum absolute atomic E-state index is 0.00169. The van der Waals surface area contributed by atoms with Gasteiger partial charge in [-0.1, -0.05) is 24.9 Å². The summed E-state index contributed by atoms with van der Waals surface area (Å²) in [6, 6.07) is 3.44. The molecule has 114 valence electrons. The number of halogens is 2. The van der Waals surface area contributed by atoms with Gasteiger partial charge in [-0.3, -0.25) is 0 Å². The minimum Gasteiger partial charge on any atom is -0.396 e. The molecule has 1 rings (SSSR count). The average Bonchev–Trinajstić information content (AvgIpc) is 2.36. The highest BCUT2D eigenvalue weighted by atomic mass is 35.5. The summed E-state index contributed by atoms with van der Waals surface area (Å²) in [6.45, 7) is 2.16. The van der Waals surface area contributed by atoms with Crippen LogP contribution >= 0.6 is 11.6 Å². The molecule has 1 atom stereocenters. The number of aliphatic hydroxyl groups excluding tert-OH is 1. The van der Waals surface area contributed by atoms with Crippen LogP contribution in [0.25, 0.3) is 0 Å². The van der Waals surface area contributed by atoms with Crippen molar-refractivity contribution in [2.45, 2.75) is 31.1 Å². The van der Waals surface area contributed by atoms with E-state index in [1.165, 1.54) is 6.07 Å². The smallest absolute Gasteiger partial charge is 0.243 e. The van der Waals surface area contributed by atoms with E-state index in [2.05, 4.69) is 4.72 Å². The first-order valence-corrected chi connectivity index (χ1v) is 8.32. The standard InChI is InChI=1S/C13H19ClFNO3S/c1-2-3-10(6-7-17)9-16-20(18,19)13-5-4-11(14)8-12(13)15/h4-5,8,10,16-17H,2-3,6-7,9H2,1H3. The maximum Gasteiger partial charge on any atom is 0.243 e. The summed E-state index contributed by atoms with van der Waals surface area (Å²) in [5, 5.41) is 9.08. The second-order valence-corrected chi connectivity index (χ2v) is 6.77. The number of aliphatic hydroxyl groups is 1. The molecule has 7 heteroatoms. The van der Waals surface area contributed by atoms with Gasteiger partial charge in [-0.05, 0) is 37.0 Å². The van der Waals surface area contributed by atoms with Crippen LogP contribution in [-0.4, -0.2) is 26.7 Å². The van der Waals surface area contributed by atoms with Gasteiger partial charge in [0.1, 0.15) is 10.7 Å². The normalized spacial score (nSPS) is 13.4. The van der Waals surface area contributed by atoms with Crippen molar-refractivity contribution in [1.29, 1.82) is 0 Å². The second-order valence-electron chi connectivity index (χ2n) is 4.59. The van der Waals surface area contributed by atoms with E-state index in [4.69, 9.17) is 16.7 Å². The fourth-order valence-corrected chi connectivity index (χ4v) is 3.27. The van der Waals surface area contributed by atoms with Crippen molar-refractivity contribution in [3.05, 3.63) is 29.0 Å². The van der Waals surface area contributed by atoms with E-state index in [9.17, 15) is 12.8 Å². The molecule has 0 bridgehead atoms. The summed E-state index contributed by atoms with van der Waals surface area (Å²) in [6.07, 6.45) is 2.20. The van der Waals surface area contributed by atoms with Crippen molar-refractivity contribution < 1.29 is 17.9 Å². The van der Waals surface area contributed by atoms with Crippen LogP contribution in [0.1, 0.15) is 26.2 Å². The molecule has 0 aliphatic rings. The van der Waals surface area contributed by atoms with Crippen LogP contribution in [0.3, 0.4) is 0 Å². The van der Waals surface area contributed by atoms with Crippen LogP contribution in [0, 0.1) is 11.7 Å². The third-order valence-corrected chi connectivity index (χ3v) is 4.67. The van der Waals surface area contributed by atoms with E-state index >= 15 is 0 Å². The summed E-state index contributed by atoms with van der Waals surface area (Å²) in [4.78, 5) is -0.416.